The molecular weight excluding hydrogens is 402 g/mol. The van der Waals surface area contributed by atoms with Gasteiger partial charge in [-0.2, -0.15) is 0 Å². The maximum Gasteiger partial charge on any atom is 0.221 e. The van der Waals surface area contributed by atoms with Crippen LogP contribution in [0.25, 0.3) is 10.9 Å². The highest BCUT2D eigenvalue weighted by molar-refractivity contribution is 6.00. The number of nitrogens with one attached hydrogen (secondary N) is 1. The molecule has 1 aromatic heterocycles. The lowest BCUT2D eigenvalue weighted by atomic mass is 9.88. The highest BCUT2D eigenvalue weighted by Crippen LogP contribution is 2.27. The number of likely N-dealkylation sites (tertiary alicyclic amines) is 1. The highest BCUT2D eigenvalue weighted by atomic mass is 16.5. The number of Topliss-reactive ketones (excluding diaryl/α,β-unsaturated/α-hetero) is 1. The van der Waals surface area contributed by atoms with E-state index in [9.17, 15) is 9.59 Å². The van der Waals surface area contributed by atoms with E-state index >= 15 is 0 Å². The fourth-order valence-electron chi connectivity index (χ4n) is 4.49. The van der Waals surface area contributed by atoms with Crippen molar-refractivity contribution in [1.82, 2.24) is 9.88 Å². The number of carbonyl (C=O) groups excluding carboxylic acids is 2. The summed E-state index contributed by atoms with van der Waals surface area (Å²) in [5.74, 6) is 0.870. The molecule has 1 saturated heterocycles. The molecule has 32 heavy (non-hydrogen) atoms. The van der Waals surface area contributed by atoms with E-state index in [2.05, 4.69) is 10.2 Å². The van der Waals surface area contributed by atoms with Crippen LogP contribution in [0.2, 0.25) is 0 Å². The number of pyridine rings is 1. The third-order valence-corrected chi connectivity index (χ3v) is 6.06. The number of amides is 1. The number of rotatable bonds is 6. The van der Waals surface area contributed by atoms with E-state index in [1.807, 2.05) is 55.5 Å². The van der Waals surface area contributed by atoms with Crippen molar-refractivity contribution in [2.24, 2.45) is 5.92 Å². The van der Waals surface area contributed by atoms with Gasteiger partial charge in [0.15, 0.2) is 5.78 Å². The zero-order chi connectivity index (χ0) is 22.7. The van der Waals surface area contributed by atoms with Crippen LogP contribution < -0.4 is 10.1 Å². The van der Waals surface area contributed by atoms with Crippen molar-refractivity contribution in [3.63, 3.8) is 0 Å². The van der Waals surface area contributed by atoms with Crippen LogP contribution in [0.15, 0.2) is 48.5 Å². The molecule has 0 spiro atoms. The molecule has 0 saturated carbocycles. The normalized spacial score (nSPS) is 16.7. The van der Waals surface area contributed by atoms with Gasteiger partial charge in [0.1, 0.15) is 5.75 Å². The Bertz CT molecular complexity index is 1160. The highest BCUT2D eigenvalue weighted by Gasteiger charge is 2.27. The van der Waals surface area contributed by atoms with Crippen molar-refractivity contribution >= 4 is 28.3 Å². The van der Waals surface area contributed by atoms with E-state index in [1.165, 1.54) is 6.92 Å². The molecule has 1 unspecified atom stereocenters. The molecule has 6 nitrogen and oxygen atoms in total. The molecule has 1 N–H and O–H groups in total. The van der Waals surface area contributed by atoms with Crippen LogP contribution in [0.3, 0.4) is 0 Å². The molecule has 0 aliphatic carbocycles. The van der Waals surface area contributed by atoms with Gasteiger partial charge in [-0.25, -0.2) is 0 Å². The molecule has 6 heteroatoms. The van der Waals surface area contributed by atoms with Crippen LogP contribution in [-0.4, -0.2) is 41.8 Å². The fraction of sp³-hybridized carbons (Fsp3) is 0.346. The number of hydrogen-bond donors (Lipinski definition) is 1. The summed E-state index contributed by atoms with van der Waals surface area (Å²) in [7, 11) is 1.64. The molecular formula is C26H29N3O3. The first-order chi connectivity index (χ1) is 15.4. The van der Waals surface area contributed by atoms with Crippen LogP contribution in [0, 0.1) is 12.8 Å². The van der Waals surface area contributed by atoms with Gasteiger partial charge in [0.2, 0.25) is 5.91 Å². The Labute approximate surface area is 188 Å². The molecule has 0 bridgehead atoms. The van der Waals surface area contributed by atoms with E-state index in [-0.39, 0.29) is 17.6 Å². The summed E-state index contributed by atoms with van der Waals surface area (Å²) in [4.78, 5) is 31.8. The Balaban J connectivity index is 1.47. The van der Waals surface area contributed by atoms with E-state index < -0.39 is 0 Å². The summed E-state index contributed by atoms with van der Waals surface area (Å²) in [5, 5.41) is 3.78. The van der Waals surface area contributed by atoms with E-state index in [1.54, 1.807) is 7.11 Å². The predicted molar refractivity (Wildman–Crippen MR) is 126 cm³/mol. The summed E-state index contributed by atoms with van der Waals surface area (Å²) in [6, 6.07) is 15.4. The van der Waals surface area contributed by atoms with Crippen LogP contribution >= 0.6 is 0 Å². The Hall–Kier alpha value is -3.25. The SMILES string of the molecule is COc1ccc(C(=O)C2CCCN(Cc3ccc4c(NC(C)=O)cccc4n3)C2)c(C)c1. The number of piperidine rings is 1. The van der Waals surface area contributed by atoms with Gasteiger partial charge in [-0.3, -0.25) is 19.5 Å². The fourth-order valence-corrected chi connectivity index (χ4v) is 4.49. The van der Waals surface area contributed by atoms with Gasteiger partial charge < -0.3 is 10.1 Å². The minimum atomic E-state index is -0.0994. The van der Waals surface area contributed by atoms with Gasteiger partial charge in [-0.15, -0.1) is 0 Å². The summed E-state index contributed by atoms with van der Waals surface area (Å²) in [6.45, 7) is 5.85. The maximum absolute atomic E-state index is 13.2. The first-order valence-electron chi connectivity index (χ1n) is 11.0. The lowest BCUT2D eigenvalue weighted by Gasteiger charge is -2.32. The molecule has 0 radical (unpaired) electrons. The second-order valence-electron chi connectivity index (χ2n) is 8.48. The van der Waals surface area contributed by atoms with Crippen LogP contribution in [0.5, 0.6) is 5.75 Å². The summed E-state index contributed by atoms with van der Waals surface area (Å²) in [5.41, 5.74) is 4.33. The molecule has 1 fully saturated rings. The number of anilines is 1. The first kappa shape index (κ1) is 22.0. The number of carbonyl (C=O) groups is 2. The molecule has 1 amide bonds. The number of aryl methyl sites for hydroxylation is 1. The molecule has 3 aromatic rings. The lowest BCUT2D eigenvalue weighted by Crippen LogP contribution is -2.38. The topological polar surface area (TPSA) is 71.5 Å². The average Bonchev–Trinajstić information content (AvgIpc) is 2.78. The van der Waals surface area contributed by atoms with Crippen LogP contribution in [0.1, 0.15) is 41.4 Å². The van der Waals surface area contributed by atoms with Crippen molar-refractivity contribution in [1.29, 1.82) is 0 Å². The Morgan fingerprint density at radius 2 is 2.03 bits per heavy atom. The van der Waals surface area contributed by atoms with E-state index in [0.717, 1.165) is 65.1 Å². The Kier molecular flexibility index (Phi) is 6.51. The maximum atomic E-state index is 13.2. The smallest absolute Gasteiger partial charge is 0.221 e. The van der Waals surface area contributed by atoms with Crippen LogP contribution in [-0.2, 0) is 11.3 Å². The van der Waals surface area contributed by atoms with Crippen molar-refractivity contribution in [3.8, 4) is 5.75 Å². The molecule has 166 valence electrons. The predicted octanol–water partition coefficient (Wildman–Crippen LogP) is 4.61. The van der Waals surface area contributed by atoms with E-state index in [0.29, 0.717) is 6.54 Å². The van der Waals surface area contributed by atoms with Gasteiger partial charge in [-0.05, 0) is 74.3 Å². The molecule has 1 aliphatic heterocycles. The molecule has 2 heterocycles. The van der Waals surface area contributed by atoms with Gasteiger partial charge in [-0.1, -0.05) is 6.07 Å². The first-order valence-corrected chi connectivity index (χ1v) is 11.0. The quantitative estimate of drug-likeness (QED) is 0.578. The minimum absolute atomic E-state index is 0.0114. The summed E-state index contributed by atoms with van der Waals surface area (Å²) >= 11 is 0. The third kappa shape index (κ3) is 4.81. The number of ketones is 1. The number of benzene rings is 2. The molecule has 4 rings (SSSR count). The van der Waals surface area contributed by atoms with Gasteiger partial charge in [0.05, 0.1) is 24.0 Å². The van der Waals surface area contributed by atoms with Crippen molar-refractivity contribution in [2.75, 3.05) is 25.5 Å². The standard InChI is InChI=1S/C26H29N3O3/c1-17-14-21(32-3)10-12-22(17)26(31)19-6-5-13-29(15-19)16-20-9-11-23-24(27-18(2)30)7-4-8-25(23)28-20/h4,7-12,14,19H,5-6,13,15-16H2,1-3H3,(H,27,30). The average molecular weight is 432 g/mol. The number of methoxy groups -OCH3 is 1. The number of aromatic nitrogens is 1. The van der Waals surface area contributed by atoms with Gasteiger partial charge >= 0.3 is 0 Å². The number of fused-ring (bicyclic) bond motifs is 1. The van der Waals surface area contributed by atoms with Crippen molar-refractivity contribution < 1.29 is 14.3 Å². The molecule has 2 aromatic carbocycles. The number of hydrogen-bond acceptors (Lipinski definition) is 5. The third-order valence-electron chi connectivity index (χ3n) is 6.06. The zero-order valence-electron chi connectivity index (χ0n) is 18.9. The van der Waals surface area contributed by atoms with E-state index in [4.69, 9.17) is 9.72 Å². The second kappa shape index (κ2) is 9.49. The number of nitrogens with zero attached hydrogens (tertiary/aromatic N) is 2. The zero-order valence-corrected chi connectivity index (χ0v) is 18.9. The van der Waals surface area contributed by atoms with Crippen molar-refractivity contribution in [3.05, 3.63) is 65.4 Å². The Morgan fingerprint density at radius 1 is 1.19 bits per heavy atom. The molecule has 1 aliphatic rings. The minimum Gasteiger partial charge on any atom is -0.497 e. The lowest BCUT2D eigenvalue weighted by molar-refractivity contribution is -0.114. The van der Waals surface area contributed by atoms with Gasteiger partial charge in [0.25, 0.3) is 0 Å². The van der Waals surface area contributed by atoms with Crippen molar-refractivity contribution in [2.45, 2.75) is 33.2 Å². The van der Waals surface area contributed by atoms with Crippen LogP contribution in [0.4, 0.5) is 5.69 Å². The molecule has 1 atom stereocenters. The summed E-state index contributed by atoms with van der Waals surface area (Å²) in [6.07, 6.45) is 1.90. The van der Waals surface area contributed by atoms with Gasteiger partial charge in [0, 0.05) is 36.9 Å². The largest absolute Gasteiger partial charge is 0.497 e. The monoisotopic (exact) mass is 431 g/mol. The number of ether oxygens (including phenoxy) is 1. The Morgan fingerprint density at radius 3 is 2.78 bits per heavy atom. The second-order valence-corrected chi connectivity index (χ2v) is 8.48. The summed E-state index contributed by atoms with van der Waals surface area (Å²) < 4.78 is 5.27.